The molecule has 1 atom stereocenters. The van der Waals surface area contributed by atoms with Gasteiger partial charge in [0.25, 0.3) is 0 Å². The van der Waals surface area contributed by atoms with Gasteiger partial charge in [-0.25, -0.2) is 4.79 Å². The van der Waals surface area contributed by atoms with Crippen molar-refractivity contribution in [1.29, 1.82) is 0 Å². The molecule has 88 valence electrons. The molecule has 1 aliphatic heterocycles. The third-order valence-electron chi connectivity index (χ3n) is 2.33. The van der Waals surface area contributed by atoms with Crippen molar-refractivity contribution >= 4 is 6.03 Å². The highest BCUT2D eigenvalue weighted by Gasteiger charge is 2.64. The number of hydrogen-bond donors (Lipinski definition) is 1. The van der Waals surface area contributed by atoms with Crippen molar-refractivity contribution in [2.24, 2.45) is 5.73 Å². The summed E-state index contributed by atoms with van der Waals surface area (Å²) in [6.45, 7) is -0.161. The van der Waals surface area contributed by atoms with Gasteiger partial charge in [0.15, 0.2) is 0 Å². The van der Waals surface area contributed by atoms with Crippen LogP contribution < -0.4 is 5.73 Å². The highest BCUT2D eigenvalue weighted by Crippen LogP contribution is 2.43. The molecule has 0 bridgehead atoms. The van der Waals surface area contributed by atoms with E-state index >= 15 is 0 Å². The maximum atomic E-state index is 12.9. The number of halogens is 5. The van der Waals surface area contributed by atoms with Crippen molar-refractivity contribution in [3.63, 3.8) is 0 Å². The fraction of sp³-hybridized carbons (Fsp3) is 0.857. The lowest BCUT2D eigenvalue weighted by atomic mass is 10.1. The molecule has 15 heavy (non-hydrogen) atoms. The maximum absolute atomic E-state index is 12.9. The first-order valence-electron chi connectivity index (χ1n) is 4.18. The molecule has 1 rings (SSSR count). The van der Waals surface area contributed by atoms with Crippen molar-refractivity contribution in [2.45, 2.75) is 31.0 Å². The van der Waals surface area contributed by atoms with E-state index < -0.39 is 30.6 Å². The summed E-state index contributed by atoms with van der Waals surface area (Å²) in [6.07, 6.45) is -5.95. The van der Waals surface area contributed by atoms with Crippen LogP contribution in [0.4, 0.5) is 26.7 Å². The van der Waals surface area contributed by atoms with Gasteiger partial charge >= 0.3 is 18.1 Å². The largest absolute Gasteiger partial charge is 0.455 e. The molecule has 0 aromatic rings. The van der Waals surface area contributed by atoms with Gasteiger partial charge in [0.2, 0.25) is 0 Å². The Balaban J connectivity index is 2.91. The lowest BCUT2D eigenvalue weighted by molar-refractivity contribution is -0.298. The van der Waals surface area contributed by atoms with Gasteiger partial charge in [-0.2, -0.15) is 22.0 Å². The van der Waals surface area contributed by atoms with Gasteiger partial charge in [-0.15, -0.1) is 0 Å². The first kappa shape index (κ1) is 12.0. The Labute approximate surface area is 82.0 Å². The number of rotatable bonds is 1. The molecule has 1 aliphatic rings. The summed E-state index contributed by atoms with van der Waals surface area (Å²) in [7, 11) is 0. The second-order valence-electron chi connectivity index (χ2n) is 3.31. The van der Waals surface area contributed by atoms with E-state index in [1.165, 1.54) is 0 Å². The van der Waals surface area contributed by atoms with Crippen LogP contribution in [0.5, 0.6) is 0 Å². The van der Waals surface area contributed by atoms with E-state index in [4.69, 9.17) is 5.73 Å². The fourth-order valence-corrected chi connectivity index (χ4v) is 1.60. The van der Waals surface area contributed by atoms with Gasteiger partial charge < -0.3 is 10.6 Å². The van der Waals surface area contributed by atoms with E-state index in [0.717, 1.165) is 0 Å². The first-order chi connectivity index (χ1) is 6.68. The number of amides is 2. The Hall–Kier alpha value is -1.08. The molecule has 0 spiro atoms. The van der Waals surface area contributed by atoms with E-state index in [1.807, 2.05) is 0 Å². The fourth-order valence-electron chi connectivity index (χ4n) is 1.60. The lowest BCUT2D eigenvalue weighted by Gasteiger charge is -2.31. The number of hydrogen-bond acceptors (Lipinski definition) is 1. The Morgan fingerprint density at radius 3 is 2.20 bits per heavy atom. The van der Waals surface area contributed by atoms with Crippen LogP contribution in [-0.4, -0.2) is 35.6 Å². The normalized spacial score (nSPS) is 23.3. The molecule has 1 saturated heterocycles. The van der Waals surface area contributed by atoms with Crippen LogP contribution in [-0.2, 0) is 0 Å². The molecule has 0 aromatic heterocycles. The van der Waals surface area contributed by atoms with Gasteiger partial charge in [-0.3, -0.25) is 0 Å². The number of carbonyl (C=O) groups excluding carboxylic acids is 1. The van der Waals surface area contributed by atoms with E-state index in [9.17, 15) is 26.7 Å². The molecular formula is C7H9F5N2O. The van der Waals surface area contributed by atoms with E-state index in [-0.39, 0.29) is 13.0 Å². The number of nitrogens with two attached hydrogens (primary N) is 1. The van der Waals surface area contributed by atoms with E-state index in [1.54, 1.807) is 0 Å². The van der Waals surface area contributed by atoms with E-state index in [0.29, 0.717) is 4.90 Å². The Bertz CT molecular complexity index is 265. The minimum Gasteiger partial charge on any atom is -0.351 e. The molecule has 1 unspecified atom stereocenters. The summed E-state index contributed by atoms with van der Waals surface area (Å²) < 4.78 is 61.7. The molecule has 2 amide bonds. The summed E-state index contributed by atoms with van der Waals surface area (Å²) in [5, 5.41) is 0. The predicted molar refractivity (Wildman–Crippen MR) is 40.3 cm³/mol. The summed E-state index contributed by atoms with van der Waals surface area (Å²) in [5.74, 6) is -4.90. The molecule has 0 radical (unpaired) electrons. The topological polar surface area (TPSA) is 46.3 Å². The zero-order valence-corrected chi connectivity index (χ0v) is 7.52. The molecule has 3 nitrogen and oxygen atoms in total. The van der Waals surface area contributed by atoms with Crippen LogP contribution in [0.25, 0.3) is 0 Å². The zero-order chi connectivity index (χ0) is 11.9. The van der Waals surface area contributed by atoms with Gasteiger partial charge in [0, 0.05) is 6.54 Å². The summed E-state index contributed by atoms with van der Waals surface area (Å²) in [4.78, 5) is 11.0. The molecule has 2 N–H and O–H groups in total. The summed E-state index contributed by atoms with van der Waals surface area (Å²) in [5.41, 5.74) is 4.71. The number of urea groups is 1. The van der Waals surface area contributed by atoms with Gasteiger partial charge in [0.05, 0.1) is 0 Å². The summed E-state index contributed by atoms with van der Waals surface area (Å²) in [6, 6.07) is -3.42. The first-order valence-corrected chi connectivity index (χ1v) is 4.18. The van der Waals surface area contributed by atoms with Crippen LogP contribution in [0.1, 0.15) is 12.8 Å². The molecule has 1 heterocycles. The van der Waals surface area contributed by atoms with Crippen molar-refractivity contribution in [3.05, 3.63) is 0 Å². The number of likely N-dealkylation sites (tertiary alicyclic amines) is 1. The minimum atomic E-state index is -5.66. The second kappa shape index (κ2) is 3.49. The summed E-state index contributed by atoms with van der Waals surface area (Å²) >= 11 is 0. The van der Waals surface area contributed by atoms with Gasteiger partial charge in [0.1, 0.15) is 6.04 Å². The monoisotopic (exact) mass is 232 g/mol. The molecule has 8 heteroatoms. The third-order valence-corrected chi connectivity index (χ3v) is 2.33. The maximum Gasteiger partial charge on any atom is 0.455 e. The Morgan fingerprint density at radius 1 is 1.27 bits per heavy atom. The van der Waals surface area contributed by atoms with Gasteiger partial charge in [-0.1, -0.05) is 0 Å². The number of nitrogens with zero attached hydrogens (tertiary/aromatic N) is 1. The van der Waals surface area contributed by atoms with Crippen LogP contribution in [0.15, 0.2) is 0 Å². The van der Waals surface area contributed by atoms with Crippen LogP contribution in [0, 0.1) is 0 Å². The Morgan fingerprint density at radius 2 is 1.80 bits per heavy atom. The predicted octanol–water partition coefficient (Wildman–Crippen LogP) is 1.73. The molecule has 1 fully saturated rings. The van der Waals surface area contributed by atoms with Crippen molar-refractivity contribution in [1.82, 2.24) is 4.90 Å². The van der Waals surface area contributed by atoms with Crippen LogP contribution in [0.2, 0.25) is 0 Å². The van der Waals surface area contributed by atoms with Crippen molar-refractivity contribution < 1.29 is 26.7 Å². The van der Waals surface area contributed by atoms with E-state index in [2.05, 4.69) is 0 Å². The minimum absolute atomic E-state index is 0.0965. The molecule has 0 aromatic carbocycles. The number of alkyl halides is 5. The van der Waals surface area contributed by atoms with Gasteiger partial charge in [-0.05, 0) is 12.8 Å². The third kappa shape index (κ3) is 1.98. The Kier molecular flexibility index (Phi) is 2.79. The highest BCUT2D eigenvalue weighted by atomic mass is 19.4. The molecule has 0 aliphatic carbocycles. The average Bonchev–Trinajstić information content (AvgIpc) is 2.48. The number of carbonyl (C=O) groups is 1. The standard InChI is InChI=1S/C7H9F5N2O/c8-6(9,7(10,11)12)4-2-1-3-14(4)5(13)15/h4H,1-3H2,(H2,13,15). The zero-order valence-electron chi connectivity index (χ0n) is 7.52. The second-order valence-corrected chi connectivity index (χ2v) is 3.31. The molecular weight excluding hydrogens is 223 g/mol. The smallest absolute Gasteiger partial charge is 0.351 e. The van der Waals surface area contributed by atoms with Crippen molar-refractivity contribution in [2.75, 3.05) is 6.54 Å². The quantitative estimate of drug-likeness (QED) is 0.687. The van der Waals surface area contributed by atoms with Crippen LogP contribution >= 0.6 is 0 Å². The highest BCUT2D eigenvalue weighted by molar-refractivity contribution is 5.72. The number of primary amides is 1. The molecule has 0 saturated carbocycles. The average molecular weight is 232 g/mol. The van der Waals surface area contributed by atoms with Crippen molar-refractivity contribution in [3.8, 4) is 0 Å². The lowest BCUT2D eigenvalue weighted by Crippen LogP contribution is -2.55. The SMILES string of the molecule is NC(=O)N1CCCC1C(F)(F)C(F)(F)F. The van der Waals surface area contributed by atoms with Crippen LogP contribution in [0.3, 0.4) is 0 Å².